The van der Waals surface area contributed by atoms with Gasteiger partial charge in [-0.2, -0.15) is 0 Å². The first-order valence-electron chi connectivity index (χ1n) is 6.25. The van der Waals surface area contributed by atoms with Gasteiger partial charge in [-0.3, -0.25) is 4.79 Å². The van der Waals surface area contributed by atoms with Gasteiger partial charge in [0.05, 0.1) is 11.3 Å². The Hall–Kier alpha value is -1.75. The van der Waals surface area contributed by atoms with Gasteiger partial charge in [-0.05, 0) is 32.0 Å². The first-order chi connectivity index (χ1) is 8.78. The van der Waals surface area contributed by atoms with E-state index in [1.807, 2.05) is 30.1 Å². The number of fused-ring (bicyclic) bond motifs is 1. The standard InChI is InChI=1S/C14H20N2O3/c1-14(2,18)9-15(3)10-5-6-12-11(7-10)16(4)13(17)8-19-12/h5-7,18H,8-9H2,1-4H3. The van der Waals surface area contributed by atoms with Crippen molar-refractivity contribution in [1.82, 2.24) is 0 Å². The molecule has 0 bridgehead atoms. The van der Waals surface area contributed by atoms with Crippen molar-refractivity contribution in [3.05, 3.63) is 18.2 Å². The Kier molecular flexibility index (Phi) is 3.41. The van der Waals surface area contributed by atoms with Gasteiger partial charge in [0.25, 0.3) is 5.91 Å². The molecule has 1 heterocycles. The van der Waals surface area contributed by atoms with Crippen LogP contribution in [0.15, 0.2) is 18.2 Å². The molecule has 0 unspecified atom stereocenters. The van der Waals surface area contributed by atoms with Crippen molar-refractivity contribution in [2.24, 2.45) is 0 Å². The Morgan fingerprint density at radius 1 is 1.47 bits per heavy atom. The van der Waals surface area contributed by atoms with Crippen molar-refractivity contribution in [3.63, 3.8) is 0 Å². The number of rotatable bonds is 3. The van der Waals surface area contributed by atoms with E-state index in [0.29, 0.717) is 12.3 Å². The van der Waals surface area contributed by atoms with E-state index < -0.39 is 5.60 Å². The number of amides is 1. The monoisotopic (exact) mass is 264 g/mol. The van der Waals surface area contributed by atoms with Crippen molar-refractivity contribution in [2.75, 3.05) is 37.0 Å². The van der Waals surface area contributed by atoms with Gasteiger partial charge in [0.15, 0.2) is 6.61 Å². The van der Waals surface area contributed by atoms with Crippen molar-refractivity contribution in [3.8, 4) is 5.75 Å². The maximum absolute atomic E-state index is 11.6. The molecule has 1 aromatic carbocycles. The third kappa shape index (κ3) is 2.98. The molecule has 1 aromatic rings. The van der Waals surface area contributed by atoms with Crippen molar-refractivity contribution in [1.29, 1.82) is 0 Å². The van der Waals surface area contributed by atoms with Gasteiger partial charge in [0.2, 0.25) is 0 Å². The molecule has 1 aliphatic heterocycles. The van der Waals surface area contributed by atoms with Crippen LogP contribution in [-0.4, -0.2) is 43.9 Å². The predicted molar refractivity (Wildman–Crippen MR) is 74.9 cm³/mol. The molecule has 1 aliphatic rings. The van der Waals surface area contributed by atoms with E-state index in [4.69, 9.17) is 4.74 Å². The Balaban J connectivity index is 2.28. The molecule has 1 N–H and O–H groups in total. The fourth-order valence-electron chi connectivity index (χ4n) is 2.17. The average Bonchev–Trinajstić information content (AvgIpc) is 2.31. The number of nitrogens with zero attached hydrogens (tertiary/aromatic N) is 2. The van der Waals surface area contributed by atoms with Crippen LogP contribution < -0.4 is 14.5 Å². The lowest BCUT2D eigenvalue weighted by atomic mass is 10.1. The van der Waals surface area contributed by atoms with Gasteiger partial charge in [0, 0.05) is 26.3 Å². The summed E-state index contributed by atoms with van der Waals surface area (Å²) in [5, 5.41) is 9.85. The number of likely N-dealkylation sites (N-methyl/N-ethyl adjacent to an activating group) is 2. The summed E-state index contributed by atoms with van der Waals surface area (Å²) in [7, 11) is 3.65. The van der Waals surface area contributed by atoms with Crippen LogP contribution in [0, 0.1) is 0 Å². The molecular formula is C14H20N2O3. The second-order valence-corrected chi connectivity index (χ2v) is 5.56. The van der Waals surface area contributed by atoms with Crippen LogP contribution in [0.1, 0.15) is 13.8 Å². The third-order valence-corrected chi connectivity index (χ3v) is 3.09. The summed E-state index contributed by atoms with van der Waals surface area (Å²) in [5.74, 6) is 0.650. The summed E-state index contributed by atoms with van der Waals surface area (Å²) < 4.78 is 5.38. The van der Waals surface area contributed by atoms with Crippen LogP contribution in [0.5, 0.6) is 5.75 Å². The molecule has 0 aliphatic carbocycles. The van der Waals surface area contributed by atoms with E-state index in [9.17, 15) is 9.90 Å². The van der Waals surface area contributed by atoms with Crippen LogP contribution in [0.2, 0.25) is 0 Å². The summed E-state index contributed by atoms with van der Waals surface area (Å²) >= 11 is 0. The van der Waals surface area contributed by atoms with Crippen LogP contribution in [-0.2, 0) is 4.79 Å². The highest BCUT2D eigenvalue weighted by Gasteiger charge is 2.23. The minimum atomic E-state index is -0.775. The molecule has 1 amide bonds. The second-order valence-electron chi connectivity index (χ2n) is 5.56. The molecule has 0 fully saturated rings. The number of aliphatic hydroxyl groups is 1. The van der Waals surface area contributed by atoms with Crippen LogP contribution in [0.25, 0.3) is 0 Å². The molecule has 5 nitrogen and oxygen atoms in total. The SMILES string of the molecule is CN(CC(C)(C)O)c1ccc2c(c1)N(C)C(=O)CO2. The number of anilines is 2. The van der Waals surface area contributed by atoms with E-state index in [1.54, 1.807) is 25.8 Å². The molecule has 2 rings (SSSR count). The Morgan fingerprint density at radius 3 is 2.79 bits per heavy atom. The van der Waals surface area contributed by atoms with E-state index in [0.717, 1.165) is 11.4 Å². The summed E-state index contributed by atoms with van der Waals surface area (Å²) in [6.07, 6.45) is 0. The minimum Gasteiger partial charge on any atom is -0.482 e. The van der Waals surface area contributed by atoms with Crippen molar-refractivity contribution < 1.29 is 14.6 Å². The molecule has 5 heteroatoms. The zero-order chi connectivity index (χ0) is 14.2. The van der Waals surface area contributed by atoms with Crippen molar-refractivity contribution in [2.45, 2.75) is 19.4 Å². The van der Waals surface area contributed by atoms with Crippen LogP contribution >= 0.6 is 0 Å². The van der Waals surface area contributed by atoms with Crippen molar-refractivity contribution >= 4 is 17.3 Å². The normalized spacial score (nSPS) is 15.0. The molecule has 0 radical (unpaired) electrons. The lowest BCUT2D eigenvalue weighted by Crippen LogP contribution is -2.37. The summed E-state index contributed by atoms with van der Waals surface area (Å²) in [4.78, 5) is 15.2. The third-order valence-electron chi connectivity index (χ3n) is 3.09. The molecule has 104 valence electrons. The molecule has 19 heavy (non-hydrogen) atoms. The summed E-state index contributed by atoms with van der Waals surface area (Å²) in [6.45, 7) is 4.12. The smallest absolute Gasteiger partial charge is 0.264 e. The zero-order valence-corrected chi connectivity index (χ0v) is 11.8. The van der Waals surface area contributed by atoms with Gasteiger partial charge in [-0.1, -0.05) is 0 Å². The Morgan fingerprint density at radius 2 is 2.16 bits per heavy atom. The highest BCUT2D eigenvalue weighted by atomic mass is 16.5. The Bertz CT molecular complexity index is 494. The fraction of sp³-hybridized carbons (Fsp3) is 0.500. The number of hydrogen-bond acceptors (Lipinski definition) is 4. The number of carbonyl (C=O) groups excluding carboxylic acids is 1. The summed E-state index contributed by atoms with van der Waals surface area (Å²) in [5.41, 5.74) is 0.922. The highest BCUT2D eigenvalue weighted by molar-refractivity contribution is 5.97. The quantitative estimate of drug-likeness (QED) is 0.892. The van der Waals surface area contributed by atoms with Gasteiger partial charge in [0.1, 0.15) is 5.75 Å². The highest BCUT2D eigenvalue weighted by Crippen LogP contribution is 2.34. The van der Waals surface area contributed by atoms with E-state index in [-0.39, 0.29) is 12.5 Å². The minimum absolute atomic E-state index is 0.0604. The lowest BCUT2D eigenvalue weighted by molar-refractivity contribution is -0.120. The summed E-state index contributed by atoms with van der Waals surface area (Å²) in [6, 6.07) is 5.68. The fourth-order valence-corrected chi connectivity index (χ4v) is 2.17. The first-order valence-corrected chi connectivity index (χ1v) is 6.25. The molecule has 0 saturated carbocycles. The topological polar surface area (TPSA) is 53.0 Å². The number of carbonyl (C=O) groups is 1. The molecule has 0 saturated heterocycles. The predicted octanol–water partition coefficient (Wildman–Crippen LogP) is 1.25. The van der Waals surface area contributed by atoms with Gasteiger partial charge >= 0.3 is 0 Å². The average molecular weight is 264 g/mol. The largest absolute Gasteiger partial charge is 0.482 e. The van der Waals surface area contributed by atoms with Crippen LogP contribution in [0.4, 0.5) is 11.4 Å². The van der Waals surface area contributed by atoms with Gasteiger partial charge in [-0.15, -0.1) is 0 Å². The maximum atomic E-state index is 11.6. The number of ether oxygens (including phenoxy) is 1. The first kappa shape index (κ1) is 13.7. The van der Waals surface area contributed by atoms with Gasteiger partial charge < -0.3 is 19.6 Å². The van der Waals surface area contributed by atoms with Gasteiger partial charge in [-0.25, -0.2) is 0 Å². The molecule has 0 spiro atoms. The van der Waals surface area contributed by atoms with E-state index in [1.165, 1.54) is 0 Å². The van der Waals surface area contributed by atoms with E-state index in [2.05, 4.69) is 0 Å². The Labute approximate surface area is 113 Å². The van der Waals surface area contributed by atoms with E-state index >= 15 is 0 Å². The lowest BCUT2D eigenvalue weighted by Gasteiger charge is -2.30. The molecular weight excluding hydrogens is 244 g/mol. The van der Waals surface area contributed by atoms with Crippen LogP contribution in [0.3, 0.4) is 0 Å². The number of hydrogen-bond donors (Lipinski definition) is 1. The molecule has 0 atom stereocenters. The number of benzene rings is 1. The zero-order valence-electron chi connectivity index (χ0n) is 11.8. The molecule has 0 aromatic heterocycles. The second kappa shape index (κ2) is 4.74. The maximum Gasteiger partial charge on any atom is 0.264 e.